The maximum absolute atomic E-state index is 8.75. The molecule has 0 saturated heterocycles. The number of nitrogens with zero attached hydrogens (tertiary/aromatic N) is 5. The van der Waals surface area contributed by atoms with E-state index in [1.54, 1.807) is 18.5 Å². The molecule has 25 heavy (non-hydrogen) atoms. The van der Waals surface area contributed by atoms with Crippen LogP contribution in [0.3, 0.4) is 0 Å². The number of hydrogen-bond acceptors (Lipinski definition) is 4. The number of halogens is 4. The summed E-state index contributed by atoms with van der Waals surface area (Å²) in [6, 6.07) is 1.75. The van der Waals surface area contributed by atoms with Crippen molar-refractivity contribution in [2.24, 2.45) is 5.11 Å². The van der Waals surface area contributed by atoms with E-state index < -0.39 is 5.54 Å². The van der Waals surface area contributed by atoms with E-state index in [1.807, 2.05) is 13.8 Å². The fourth-order valence-corrected chi connectivity index (χ4v) is 2.33. The van der Waals surface area contributed by atoms with E-state index in [0.29, 0.717) is 11.0 Å². The molecule has 2 heterocycles. The fourth-order valence-electron chi connectivity index (χ4n) is 2.18. The topological polar surface area (TPSA) is 83.8 Å². The minimum Gasteiger partial charge on any atom is -1.00 e. The second-order valence-electron chi connectivity index (χ2n) is 5.60. The van der Waals surface area contributed by atoms with Gasteiger partial charge in [0, 0.05) is 17.3 Å². The zero-order valence-corrected chi connectivity index (χ0v) is 22.3. The Hall–Kier alpha value is 0.270. The van der Waals surface area contributed by atoms with E-state index in [4.69, 9.17) is 21.9 Å². The first-order chi connectivity index (χ1) is 10.0. The summed E-state index contributed by atoms with van der Waals surface area (Å²) in [7, 11) is 0. The molecular formula is C14H14Br3ClInN5O. The molecule has 2 aromatic rings. The molecule has 1 fully saturated rings. The molecule has 1 aliphatic rings. The number of rotatable bonds is 4. The van der Waals surface area contributed by atoms with Gasteiger partial charge in [-0.05, 0) is 35.4 Å². The van der Waals surface area contributed by atoms with Gasteiger partial charge in [0.25, 0.3) is 0 Å². The number of aromatic nitrogens is 2. The molecule has 0 aliphatic heterocycles. The summed E-state index contributed by atoms with van der Waals surface area (Å²) in [4.78, 5) is 11.4. The van der Waals surface area contributed by atoms with Crippen LogP contribution >= 0.6 is 11.6 Å². The van der Waals surface area contributed by atoms with Crippen LogP contribution in [0.4, 0.5) is 0 Å². The molecule has 0 spiro atoms. The Bertz CT molecular complexity index is 769. The van der Waals surface area contributed by atoms with Gasteiger partial charge in [0.1, 0.15) is 11.3 Å². The molecule has 0 radical (unpaired) electrons. The van der Waals surface area contributed by atoms with E-state index in [9.17, 15) is 0 Å². The molecule has 3 rings (SSSR count). The van der Waals surface area contributed by atoms with Crippen LogP contribution in [-0.2, 0) is 5.54 Å². The third kappa shape index (κ3) is 6.43. The maximum Gasteiger partial charge on any atom is 3.00 e. The van der Waals surface area contributed by atoms with Gasteiger partial charge in [-0.3, -0.25) is 0 Å². The SMILES string of the molecule is CC(C)(N=[N+]=[N-])c1cnc(OC2CC2)c2cnc(Cl)cc12.[Br-].[Br-].[Br-].[In+3]. The predicted molar refractivity (Wildman–Crippen MR) is 86.1 cm³/mol. The van der Waals surface area contributed by atoms with Gasteiger partial charge in [-0.2, -0.15) is 0 Å². The largest absolute Gasteiger partial charge is 3.00 e. The molecule has 0 N–H and O–H groups in total. The van der Waals surface area contributed by atoms with E-state index in [0.717, 1.165) is 29.2 Å². The molecule has 6 nitrogen and oxygen atoms in total. The zero-order chi connectivity index (χ0) is 15.0. The van der Waals surface area contributed by atoms with E-state index in [2.05, 4.69) is 20.0 Å². The summed E-state index contributed by atoms with van der Waals surface area (Å²) < 4.78 is 5.81. The summed E-state index contributed by atoms with van der Waals surface area (Å²) in [6.45, 7) is 3.66. The average molecular weight is 658 g/mol. The molecular weight excluding hydrogens is 644 g/mol. The Kier molecular flexibility index (Phi) is 12.3. The monoisotopic (exact) mass is 655 g/mol. The number of azide groups is 1. The average Bonchev–Trinajstić information content (AvgIpc) is 3.22. The van der Waals surface area contributed by atoms with Gasteiger partial charge in [0.15, 0.2) is 0 Å². The fraction of sp³-hybridized carbons (Fsp3) is 0.429. The third-order valence-corrected chi connectivity index (χ3v) is 3.67. The smallest absolute Gasteiger partial charge is 1.00 e. The van der Waals surface area contributed by atoms with Crippen LogP contribution in [0.1, 0.15) is 32.3 Å². The molecule has 0 amide bonds. The Labute approximate surface area is 201 Å². The number of fused-ring (bicyclic) bond motifs is 1. The van der Waals surface area contributed by atoms with Crippen LogP contribution in [0.5, 0.6) is 5.88 Å². The van der Waals surface area contributed by atoms with Crippen molar-refractivity contribution < 1.29 is 55.7 Å². The summed E-state index contributed by atoms with van der Waals surface area (Å²) in [5.74, 6) is 0.553. The van der Waals surface area contributed by atoms with Crippen LogP contribution < -0.4 is 55.7 Å². The second kappa shape index (κ2) is 11.2. The van der Waals surface area contributed by atoms with Crippen molar-refractivity contribution in [2.75, 3.05) is 0 Å². The Morgan fingerprint density at radius 2 is 1.84 bits per heavy atom. The summed E-state index contributed by atoms with van der Waals surface area (Å²) >= 11 is 6.01. The van der Waals surface area contributed by atoms with Crippen molar-refractivity contribution in [1.29, 1.82) is 0 Å². The first-order valence-corrected chi connectivity index (χ1v) is 7.07. The number of hydrogen-bond donors (Lipinski definition) is 0. The molecule has 0 bridgehead atoms. The van der Waals surface area contributed by atoms with Crippen molar-refractivity contribution in [3.8, 4) is 5.88 Å². The van der Waals surface area contributed by atoms with Crippen LogP contribution in [0.2, 0.25) is 5.15 Å². The first kappa shape index (κ1) is 27.5. The van der Waals surface area contributed by atoms with Crippen LogP contribution in [0.25, 0.3) is 21.2 Å². The Morgan fingerprint density at radius 1 is 1.20 bits per heavy atom. The van der Waals surface area contributed by atoms with Crippen molar-refractivity contribution in [1.82, 2.24) is 9.97 Å². The quantitative estimate of drug-likeness (QED) is 0.143. The summed E-state index contributed by atoms with van der Waals surface area (Å²) in [5, 5.41) is 5.85. The van der Waals surface area contributed by atoms with Gasteiger partial charge in [-0.25, -0.2) is 9.97 Å². The van der Waals surface area contributed by atoms with Crippen molar-refractivity contribution in [2.45, 2.75) is 38.3 Å². The van der Waals surface area contributed by atoms with Gasteiger partial charge in [-0.1, -0.05) is 30.6 Å². The second-order valence-corrected chi connectivity index (χ2v) is 5.98. The van der Waals surface area contributed by atoms with Gasteiger partial charge in [-0.15, -0.1) is 0 Å². The summed E-state index contributed by atoms with van der Waals surface area (Å²) in [6.07, 6.45) is 5.68. The summed E-state index contributed by atoms with van der Waals surface area (Å²) in [5.41, 5.74) is 8.81. The predicted octanol–water partition coefficient (Wildman–Crippen LogP) is -5.00. The zero-order valence-electron chi connectivity index (χ0n) is 13.5. The molecule has 132 valence electrons. The minimum absolute atomic E-state index is 0. The molecule has 0 atom stereocenters. The van der Waals surface area contributed by atoms with E-state index in [-0.39, 0.29) is 82.9 Å². The van der Waals surface area contributed by atoms with E-state index >= 15 is 0 Å². The van der Waals surface area contributed by atoms with E-state index in [1.165, 1.54) is 0 Å². The molecule has 0 aromatic carbocycles. The third-order valence-electron chi connectivity index (χ3n) is 3.46. The van der Waals surface area contributed by atoms with Crippen LogP contribution in [0, 0.1) is 0 Å². The van der Waals surface area contributed by atoms with Crippen molar-refractivity contribution in [3.63, 3.8) is 0 Å². The standard InChI is InChI=1S/C14H14ClN5O.3BrH.In/c1-14(2,19-20-16)11-7-18-13(21-8-3-4-8)10-6-17-12(15)5-9(10)11;;;;/h5-8H,3-4H2,1-2H3;3*1H;/q;;;;+3/p-3. The van der Waals surface area contributed by atoms with Crippen LogP contribution in [-0.4, -0.2) is 41.9 Å². The molecule has 1 saturated carbocycles. The van der Waals surface area contributed by atoms with Gasteiger partial charge < -0.3 is 55.7 Å². The van der Waals surface area contributed by atoms with Gasteiger partial charge in [0.2, 0.25) is 5.88 Å². The van der Waals surface area contributed by atoms with Crippen molar-refractivity contribution in [3.05, 3.63) is 39.6 Å². The molecule has 2 aromatic heterocycles. The first-order valence-electron chi connectivity index (χ1n) is 6.69. The van der Waals surface area contributed by atoms with Gasteiger partial charge in [0.05, 0.1) is 10.9 Å². The maximum atomic E-state index is 8.75. The van der Waals surface area contributed by atoms with Crippen molar-refractivity contribution >= 4 is 48.2 Å². The number of ether oxygens (including phenoxy) is 1. The minimum atomic E-state index is -0.733. The van der Waals surface area contributed by atoms with Crippen LogP contribution in [0.15, 0.2) is 23.6 Å². The molecule has 1 aliphatic carbocycles. The van der Waals surface area contributed by atoms with Gasteiger partial charge >= 0.3 is 25.8 Å². The Morgan fingerprint density at radius 3 is 2.40 bits per heavy atom. The number of pyridine rings is 2. The normalized spacial score (nSPS) is 12.4. The molecule has 11 heteroatoms. The molecule has 0 unspecified atom stereocenters. The Balaban J connectivity index is 0.